The summed E-state index contributed by atoms with van der Waals surface area (Å²) in [6, 6.07) is 22.1. The molecule has 0 aliphatic carbocycles. The largest absolute Gasteiger partial charge is 0.493 e. The number of rotatable bonds is 9. The van der Waals surface area contributed by atoms with Gasteiger partial charge in [0, 0.05) is 30.2 Å². The zero-order valence-electron chi connectivity index (χ0n) is 20.3. The molecule has 186 valence electrons. The van der Waals surface area contributed by atoms with Crippen LogP contribution in [0.15, 0.2) is 79.0 Å². The number of piperidine rings is 1. The van der Waals surface area contributed by atoms with Gasteiger partial charge in [0.2, 0.25) is 0 Å². The Kier molecular flexibility index (Phi) is 7.33. The number of carboxylic acid groups (broad SMARTS) is 1. The first-order valence-corrected chi connectivity index (χ1v) is 12.6. The van der Waals surface area contributed by atoms with Crippen LogP contribution >= 0.6 is 0 Å². The summed E-state index contributed by atoms with van der Waals surface area (Å²) < 4.78 is 21.4. The number of hydrogen-bond acceptors (Lipinski definition) is 3. The van der Waals surface area contributed by atoms with Crippen LogP contribution in [0, 0.1) is 5.82 Å². The average Bonchev–Trinajstić information content (AvgIpc) is 3.27. The number of carbonyl (C=O) groups is 1. The smallest absolute Gasteiger partial charge is 0.339 e. The molecule has 0 amide bonds. The Labute approximate surface area is 210 Å². The van der Waals surface area contributed by atoms with E-state index in [1.165, 1.54) is 28.6 Å². The van der Waals surface area contributed by atoms with Crippen molar-refractivity contribution in [2.75, 3.05) is 26.2 Å². The molecule has 0 spiro atoms. The maximum atomic E-state index is 13.3. The van der Waals surface area contributed by atoms with Gasteiger partial charge >= 0.3 is 5.97 Å². The first-order chi connectivity index (χ1) is 17.6. The predicted octanol–water partition coefficient (Wildman–Crippen LogP) is 6.18. The third-order valence-electron chi connectivity index (χ3n) is 7.11. The second-order valence-corrected chi connectivity index (χ2v) is 9.48. The average molecular weight is 487 g/mol. The van der Waals surface area contributed by atoms with Crippen molar-refractivity contribution < 1.29 is 19.0 Å². The van der Waals surface area contributed by atoms with E-state index < -0.39 is 5.97 Å². The lowest BCUT2D eigenvalue weighted by molar-refractivity contribution is 0.0692. The Hall–Kier alpha value is -3.64. The first-order valence-electron chi connectivity index (χ1n) is 12.6. The Morgan fingerprint density at radius 2 is 1.69 bits per heavy atom. The zero-order chi connectivity index (χ0) is 24.9. The molecule has 0 saturated carbocycles. The molecule has 1 aliphatic heterocycles. The molecule has 1 N–H and O–H groups in total. The molecule has 1 fully saturated rings. The van der Waals surface area contributed by atoms with Gasteiger partial charge in [0.05, 0.1) is 6.61 Å². The van der Waals surface area contributed by atoms with Crippen molar-refractivity contribution in [1.29, 1.82) is 0 Å². The summed E-state index contributed by atoms with van der Waals surface area (Å²) in [5.74, 6) is -0.230. The van der Waals surface area contributed by atoms with Crippen LogP contribution < -0.4 is 4.74 Å². The van der Waals surface area contributed by atoms with E-state index in [1.54, 1.807) is 24.3 Å². The summed E-state index contributed by atoms with van der Waals surface area (Å²) in [5, 5.41) is 10.6. The number of likely N-dealkylation sites (tertiary alicyclic amines) is 1. The highest BCUT2D eigenvalue weighted by Crippen LogP contribution is 2.35. The minimum atomic E-state index is -0.966. The Bertz CT molecular complexity index is 1320. The molecule has 5 rings (SSSR count). The van der Waals surface area contributed by atoms with Crippen LogP contribution in [0.3, 0.4) is 0 Å². The van der Waals surface area contributed by atoms with Crippen LogP contribution in [0.1, 0.15) is 46.7 Å². The van der Waals surface area contributed by atoms with Crippen LogP contribution in [-0.4, -0.2) is 46.8 Å². The number of nitrogens with zero attached hydrogens (tertiary/aromatic N) is 2. The minimum Gasteiger partial charge on any atom is -0.493 e. The van der Waals surface area contributed by atoms with Crippen LogP contribution in [0.25, 0.3) is 10.9 Å². The lowest BCUT2D eigenvalue weighted by atomic mass is 9.89. The molecule has 1 aliphatic rings. The van der Waals surface area contributed by atoms with E-state index in [0.717, 1.165) is 51.0 Å². The maximum Gasteiger partial charge on any atom is 0.339 e. The van der Waals surface area contributed by atoms with Gasteiger partial charge in [0.15, 0.2) is 0 Å². The number of ether oxygens (including phenoxy) is 1. The van der Waals surface area contributed by atoms with Crippen LogP contribution in [0.5, 0.6) is 5.75 Å². The molecule has 0 radical (unpaired) electrons. The number of para-hydroxylation sites is 2. The molecule has 2 heterocycles. The fourth-order valence-electron chi connectivity index (χ4n) is 5.22. The maximum absolute atomic E-state index is 13.3. The van der Waals surface area contributed by atoms with Gasteiger partial charge in [-0.1, -0.05) is 42.5 Å². The predicted molar refractivity (Wildman–Crippen MR) is 139 cm³/mol. The SMILES string of the molecule is O=C(O)c1ccccc1OCCCN1CCC(c2cn(Cc3ccc(F)cc3)c3ccccc23)CC1. The monoisotopic (exact) mass is 486 g/mol. The van der Waals surface area contributed by atoms with Gasteiger partial charge in [-0.25, -0.2) is 9.18 Å². The fourth-order valence-corrected chi connectivity index (χ4v) is 5.22. The molecular weight excluding hydrogens is 455 g/mol. The lowest BCUT2D eigenvalue weighted by Gasteiger charge is -2.32. The summed E-state index contributed by atoms with van der Waals surface area (Å²) >= 11 is 0. The number of halogens is 1. The van der Waals surface area contributed by atoms with Crippen LogP contribution in [0.2, 0.25) is 0 Å². The molecule has 4 aromatic rings. The van der Waals surface area contributed by atoms with E-state index in [0.29, 0.717) is 18.3 Å². The summed E-state index contributed by atoms with van der Waals surface area (Å²) in [6.45, 7) is 4.24. The molecule has 5 nitrogen and oxygen atoms in total. The van der Waals surface area contributed by atoms with Gasteiger partial charge in [-0.2, -0.15) is 0 Å². The summed E-state index contributed by atoms with van der Waals surface area (Å²) in [7, 11) is 0. The van der Waals surface area contributed by atoms with E-state index >= 15 is 0 Å². The molecular formula is C30H31FN2O3. The third kappa shape index (κ3) is 5.44. The highest BCUT2D eigenvalue weighted by molar-refractivity contribution is 5.90. The lowest BCUT2D eigenvalue weighted by Crippen LogP contribution is -2.34. The van der Waals surface area contributed by atoms with Gasteiger partial charge < -0.3 is 19.3 Å². The highest BCUT2D eigenvalue weighted by Gasteiger charge is 2.23. The van der Waals surface area contributed by atoms with Crippen LogP contribution in [0.4, 0.5) is 4.39 Å². The van der Waals surface area contributed by atoms with Crippen molar-refractivity contribution in [1.82, 2.24) is 9.47 Å². The quantitative estimate of drug-likeness (QED) is 0.287. The minimum absolute atomic E-state index is 0.205. The van der Waals surface area contributed by atoms with Gasteiger partial charge in [-0.3, -0.25) is 0 Å². The summed E-state index contributed by atoms with van der Waals surface area (Å²) in [5.41, 5.74) is 3.92. The fraction of sp³-hybridized carbons (Fsp3) is 0.300. The number of benzene rings is 3. The third-order valence-corrected chi connectivity index (χ3v) is 7.11. The molecule has 0 atom stereocenters. The number of hydrogen-bond donors (Lipinski definition) is 1. The van der Waals surface area contributed by atoms with Crippen molar-refractivity contribution in [2.24, 2.45) is 0 Å². The second-order valence-electron chi connectivity index (χ2n) is 9.48. The number of aromatic carboxylic acids is 1. The van der Waals surface area contributed by atoms with Crippen LogP contribution in [-0.2, 0) is 6.54 Å². The Morgan fingerprint density at radius 1 is 0.972 bits per heavy atom. The summed E-state index contributed by atoms with van der Waals surface area (Å²) in [4.78, 5) is 13.8. The molecule has 0 unspecified atom stereocenters. The second kappa shape index (κ2) is 11.0. The molecule has 36 heavy (non-hydrogen) atoms. The van der Waals surface area contributed by atoms with E-state index in [9.17, 15) is 14.3 Å². The van der Waals surface area contributed by atoms with Gasteiger partial charge in [0.25, 0.3) is 0 Å². The van der Waals surface area contributed by atoms with Gasteiger partial charge in [-0.05, 0) is 79.7 Å². The number of aromatic nitrogens is 1. The van der Waals surface area contributed by atoms with Gasteiger partial charge in [-0.15, -0.1) is 0 Å². The molecule has 6 heteroatoms. The summed E-state index contributed by atoms with van der Waals surface area (Å²) in [6.07, 6.45) is 5.36. The topological polar surface area (TPSA) is 54.7 Å². The zero-order valence-corrected chi connectivity index (χ0v) is 20.3. The van der Waals surface area contributed by atoms with Crippen molar-refractivity contribution in [3.8, 4) is 5.75 Å². The number of carboxylic acids is 1. The van der Waals surface area contributed by atoms with Crippen molar-refractivity contribution in [3.63, 3.8) is 0 Å². The standard InChI is InChI=1S/C30H31FN2O3/c31-24-12-10-22(11-13-24)20-33-21-27(25-6-1-3-8-28(25)33)23-14-17-32(18-15-23)16-5-19-36-29-9-4-2-7-26(29)30(34)35/h1-4,6-13,21,23H,5,14-20H2,(H,34,35). The molecule has 1 saturated heterocycles. The highest BCUT2D eigenvalue weighted by atomic mass is 19.1. The van der Waals surface area contributed by atoms with Crippen molar-refractivity contribution in [2.45, 2.75) is 31.7 Å². The molecule has 3 aromatic carbocycles. The number of fused-ring (bicyclic) bond motifs is 1. The van der Waals surface area contributed by atoms with Crippen molar-refractivity contribution >= 4 is 16.9 Å². The normalized spacial score (nSPS) is 14.8. The first kappa shape index (κ1) is 24.1. The van der Waals surface area contributed by atoms with E-state index in [2.05, 4.69) is 39.9 Å². The molecule has 0 bridgehead atoms. The van der Waals surface area contributed by atoms with Gasteiger partial charge in [0.1, 0.15) is 17.1 Å². The Balaban J connectivity index is 1.17. The van der Waals surface area contributed by atoms with E-state index in [4.69, 9.17) is 4.74 Å². The molecule has 1 aromatic heterocycles. The van der Waals surface area contributed by atoms with E-state index in [1.807, 2.05) is 12.1 Å². The van der Waals surface area contributed by atoms with E-state index in [-0.39, 0.29) is 11.4 Å². The Morgan fingerprint density at radius 3 is 2.47 bits per heavy atom. The van der Waals surface area contributed by atoms with Crippen molar-refractivity contribution in [3.05, 3.63) is 102 Å².